The first-order chi connectivity index (χ1) is 12.8. The lowest BCUT2D eigenvalue weighted by molar-refractivity contribution is 0.0683. The van der Waals surface area contributed by atoms with Crippen LogP contribution in [0.25, 0.3) is 0 Å². The van der Waals surface area contributed by atoms with Gasteiger partial charge in [-0.15, -0.1) is 0 Å². The summed E-state index contributed by atoms with van der Waals surface area (Å²) in [4.78, 5) is 55.0. The maximum absolute atomic E-state index is 10.6. The van der Waals surface area contributed by atoms with Crippen molar-refractivity contribution >= 4 is 27.6 Å². The van der Waals surface area contributed by atoms with Gasteiger partial charge in [0.1, 0.15) is 22.6 Å². The van der Waals surface area contributed by atoms with Crippen LogP contribution >= 0.6 is 15.6 Å². The molecular formula is C14H14O12P2. The number of rotatable bonds is 6. The van der Waals surface area contributed by atoms with Gasteiger partial charge < -0.3 is 19.3 Å². The molecule has 2 rings (SSSR count). The zero-order valence-electron chi connectivity index (χ0n) is 13.6. The molecule has 0 aliphatic carbocycles. The Morgan fingerprint density at radius 1 is 0.643 bits per heavy atom. The number of carboxylic acids is 2. The first-order valence-electron chi connectivity index (χ1n) is 6.95. The molecule has 12 nitrogen and oxygen atoms in total. The highest BCUT2D eigenvalue weighted by Gasteiger charge is 2.21. The Kier molecular flexibility index (Phi) is 7.89. The minimum Gasteiger partial charge on any atom is -0.478 e. The SMILES string of the molecule is O=C(O)c1ccccc1OP(=O)(O)O.O=C(O)c1ccccc1OP(=O)(O)O. The fraction of sp³-hybridized carbons (Fsp3) is 0. The van der Waals surface area contributed by atoms with E-state index in [-0.39, 0.29) is 22.6 Å². The normalized spacial score (nSPS) is 11.0. The van der Waals surface area contributed by atoms with E-state index in [2.05, 4.69) is 9.05 Å². The molecule has 0 atom stereocenters. The molecular weight excluding hydrogens is 422 g/mol. The monoisotopic (exact) mass is 436 g/mol. The molecule has 0 radical (unpaired) electrons. The van der Waals surface area contributed by atoms with Crippen molar-refractivity contribution in [1.82, 2.24) is 0 Å². The molecule has 2 aromatic rings. The van der Waals surface area contributed by atoms with E-state index in [0.29, 0.717) is 0 Å². The molecule has 2 aromatic carbocycles. The number of benzene rings is 2. The Labute approximate surface area is 157 Å². The first kappa shape index (κ1) is 23.3. The molecule has 0 unspecified atom stereocenters. The van der Waals surface area contributed by atoms with Gasteiger partial charge in [0.05, 0.1) is 0 Å². The van der Waals surface area contributed by atoms with Crippen LogP contribution < -0.4 is 9.05 Å². The molecule has 14 heteroatoms. The van der Waals surface area contributed by atoms with Gasteiger partial charge in [0.15, 0.2) is 0 Å². The summed E-state index contributed by atoms with van der Waals surface area (Å²) in [6.45, 7) is 0. The number of phosphoric acid groups is 2. The van der Waals surface area contributed by atoms with Crippen LogP contribution in [0.5, 0.6) is 11.5 Å². The Hall–Kier alpha value is -2.72. The molecule has 0 bridgehead atoms. The van der Waals surface area contributed by atoms with Gasteiger partial charge in [0, 0.05) is 0 Å². The minimum atomic E-state index is -4.72. The number of phosphoric ester groups is 2. The van der Waals surface area contributed by atoms with E-state index in [1.54, 1.807) is 0 Å². The third kappa shape index (κ3) is 8.31. The third-order valence-electron chi connectivity index (χ3n) is 2.67. The number of carboxylic acid groups (broad SMARTS) is 2. The highest BCUT2D eigenvalue weighted by molar-refractivity contribution is 7.47. The van der Waals surface area contributed by atoms with E-state index in [1.807, 2.05) is 0 Å². The van der Waals surface area contributed by atoms with Gasteiger partial charge in [-0.05, 0) is 24.3 Å². The summed E-state index contributed by atoms with van der Waals surface area (Å²) in [5.74, 6) is -3.33. The maximum Gasteiger partial charge on any atom is 0.524 e. The molecule has 0 saturated carbocycles. The van der Waals surface area contributed by atoms with Crippen molar-refractivity contribution in [3.8, 4) is 11.5 Å². The molecule has 0 amide bonds. The van der Waals surface area contributed by atoms with E-state index in [9.17, 15) is 18.7 Å². The van der Waals surface area contributed by atoms with E-state index in [1.165, 1.54) is 48.5 Å². The van der Waals surface area contributed by atoms with Crippen molar-refractivity contribution in [2.75, 3.05) is 0 Å². The predicted molar refractivity (Wildman–Crippen MR) is 92.1 cm³/mol. The second kappa shape index (κ2) is 9.47. The van der Waals surface area contributed by atoms with Gasteiger partial charge in [0.2, 0.25) is 0 Å². The van der Waals surface area contributed by atoms with Crippen LogP contribution in [0.3, 0.4) is 0 Å². The van der Waals surface area contributed by atoms with Crippen molar-refractivity contribution < 1.29 is 57.6 Å². The number of aromatic carboxylic acids is 2. The van der Waals surface area contributed by atoms with Gasteiger partial charge in [-0.2, -0.15) is 0 Å². The molecule has 0 heterocycles. The molecule has 0 aromatic heterocycles. The summed E-state index contributed by atoms with van der Waals surface area (Å²) in [5, 5.41) is 17.3. The van der Waals surface area contributed by atoms with Crippen LogP contribution in [0.4, 0.5) is 0 Å². The van der Waals surface area contributed by atoms with Crippen LogP contribution in [0.15, 0.2) is 48.5 Å². The zero-order chi connectivity index (χ0) is 21.5. The van der Waals surface area contributed by atoms with Crippen molar-refractivity contribution in [2.24, 2.45) is 0 Å². The van der Waals surface area contributed by atoms with E-state index in [0.717, 1.165) is 0 Å². The number of para-hydroxylation sites is 2. The second-order valence-corrected chi connectivity index (χ2v) is 7.09. The van der Waals surface area contributed by atoms with Crippen molar-refractivity contribution in [3.05, 3.63) is 59.7 Å². The third-order valence-corrected chi connectivity index (χ3v) is 3.54. The summed E-state index contributed by atoms with van der Waals surface area (Å²) >= 11 is 0. The molecule has 6 N–H and O–H groups in total. The van der Waals surface area contributed by atoms with Gasteiger partial charge in [-0.25, -0.2) is 18.7 Å². The Bertz CT molecular complexity index is 867. The molecule has 28 heavy (non-hydrogen) atoms. The first-order valence-corrected chi connectivity index (χ1v) is 10.0. The fourth-order valence-corrected chi connectivity index (χ4v) is 2.53. The number of carbonyl (C=O) groups is 2. The molecule has 152 valence electrons. The maximum atomic E-state index is 10.6. The van der Waals surface area contributed by atoms with Crippen LogP contribution in [-0.2, 0) is 9.13 Å². The van der Waals surface area contributed by atoms with E-state index >= 15 is 0 Å². The highest BCUT2D eigenvalue weighted by Crippen LogP contribution is 2.39. The fourth-order valence-electron chi connectivity index (χ4n) is 1.70. The lowest BCUT2D eigenvalue weighted by Crippen LogP contribution is -2.01. The highest BCUT2D eigenvalue weighted by atomic mass is 31.2. The molecule has 0 spiro atoms. The lowest BCUT2D eigenvalue weighted by Gasteiger charge is -2.08. The molecule has 0 fully saturated rings. The summed E-state index contributed by atoms with van der Waals surface area (Å²) < 4.78 is 29.3. The van der Waals surface area contributed by atoms with Crippen LogP contribution in [-0.4, -0.2) is 41.7 Å². The van der Waals surface area contributed by atoms with Gasteiger partial charge in [-0.3, -0.25) is 19.6 Å². The zero-order valence-corrected chi connectivity index (χ0v) is 15.4. The number of hydrogen-bond acceptors (Lipinski definition) is 6. The summed E-state index contributed by atoms with van der Waals surface area (Å²) in [5.41, 5.74) is -0.591. The van der Waals surface area contributed by atoms with E-state index < -0.39 is 27.6 Å². The minimum absolute atomic E-state index is 0.296. The topological polar surface area (TPSA) is 208 Å². The standard InChI is InChI=1S/2C7H7O6P/c2*8-7(9)5-3-1-2-4-6(5)13-14(10,11)12/h2*1-4H,(H,8,9)(H2,10,11,12). The van der Waals surface area contributed by atoms with Gasteiger partial charge >= 0.3 is 27.6 Å². The summed E-state index contributed by atoms with van der Waals surface area (Å²) in [6, 6.07) is 10.4. The lowest BCUT2D eigenvalue weighted by atomic mass is 10.2. The largest absolute Gasteiger partial charge is 0.524 e. The van der Waals surface area contributed by atoms with Crippen LogP contribution in [0.1, 0.15) is 20.7 Å². The molecule has 0 saturated heterocycles. The average Bonchev–Trinajstić information content (AvgIpc) is 2.53. The molecule has 0 aliphatic heterocycles. The van der Waals surface area contributed by atoms with Gasteiger partial charge in [0.25, 0.3) is 0 Å². The van der Waals surface area contributed by atoms with Crippen molar-refractivity contribution in [2.45, 2.75) is 0 Å². The van der Waals surface area contributed by atoms with Crippen molar-refractivity contribution in [3.63, 3.8) is 0 Å². The second-order valence-electron chi connectivity index (χ2n) is 4.77. The average molecular weight is 436 g/mol. The molecule has 0 aliphatic rings. The summed E-state index contributed by atoms with van der Waals surface area (Å²) in [7, 11) is -9.44. The van der Waals surface area contributed by atoms with Crippen LogP contribution in [0, 0.1) is 0 Å². The van der Waals surface area contributed by atoms with E-state index in [4.69, 9.17) is 29.8 Å². The smallest absolute Gasteiger partial charge is 0.478 e. The summed E-state index contributed by atoms with van der Waals surface area (Å²) in [6.07, 6.45) is 0. The number of hydrogen-bond donors (Lipinski definition) is 6. The Morgan fingerprint density at radius 3 is 1.18 bits per heavy atom. The van der Waals surface area contributed by atoms with Crippen molar-refractivity contribution in [1.29, 1.82) is 0 Å². The predicted octanol–water partition coefficient (Wildman–Crippen LogP) is 1.71. The van der Waals surface area contributed by atoms with Crippen LogP contribution in [0.2, 0.25) is 0 Å². The quantitative estimate of drug-likeness (QED) is 0.358. The Balaban J connectivity index is 0.000000280. The van der Waals surface area contributed by atoms with Gasteiger partial charge in [-0.1, -0.05) is 24.3 Å². The Morgan fingerprint density at radius 2 is 0.929 bits per heavy atom.